The molecule has 1 aliphatic heterocycles. The summed E-state index contributed by atoms with van der Waals surface area (Å²) in [6, 6.07) is 7.65. The van der Waals surface area contributed by atoms with Crippen LogP contribution in [0.4, 0.5) is 18.9 Å². The molecule has 7 nitrogen and oxygen atoms in total. The summed E-state index contributed by atoms with van der Waals surface area (Å²) < 4.78 is 45.3. The number of carbonyl (C=O) groups excluding carboxylic acids is 2. The van der Waals surface area contributed by atoms with Crippen LogP contribution < -0.4 is 5.32 Å². The van der Waals surface area contributed by atoms with Gasteiger partial charge in [0.25, 0.3) is 5.91 Å². The van der Waals surface area contributed by atoms with Crippen LogP contribution in [0.2, 0.25) is 0 Å². The summed E-state index contributed by atoms with van der Waals surface area (Å²) in [5.41, 5.74) is -0.440. The Morgan fingerprint density at radius 3 is 2.65 bits per heavy atom. The van der Waals surface area contributed by atoms with Gasteiger partial charge in [0, 0.05) is 44.6 Å². The van der Waals surface area contributed by atoms with Crippen LogP contribution in [0.1, 0.15) is 61.6 Å². The predicted octanol–water partition coefficient (Wildman–Crippen LogP) is 5.57. The second kappa shape index (κ2) is 9.88. The number of benzene rings is 1. The second-order valence-electron chi connectivity index (χ2n) is 9.90. The van der Waals surface area contributed by atoms with Gasteiger partial charge in [0.15, 0.2) is 0 Å². The van der Waals surface area contributed by atoms with Crippen LogP contribution in [0.3, 0.4) is 0 Å². The number of likely N-dealkylation sites (tertiary alicyclic amines) is 1. The molecule has 2 aromatic heterocycles. The molecule has 0 unspecified atom stereocenters. The van der Waals surface area contributed by atoms with Gasteiger partial charge in [0.2, 0.25) is 5.91 Å². The maximum absolute atomic E-state index is 14.6. The van der Waals surface area contributed by atoms with E-state index in [0.29, 0.717) is 25.1 Å². The number of hydrogen-bond donors (Lipinski definition) is 1. The van der Waals surface area contributed by atoms with Gasteiger partial charge in [0.1, 0.15) is 5.65 Å². The van der Waals surface area contributed by atoms with Crippen molar-refractivity contribution in [1.82, 2.24) is 14.5 Å². The Balaban J connectivity index is 0.00000400. The average Bonchev–Trinajstić information content (AvgIpc) is 3.18. The molecule has 0 aliphatic carbocycles. The Morgan fingerprint density at radius 2 is 2.03 bits per heavy atom. The summed E-state index contributed by atoms with van der Waals surface area (Å²) in [5.74, 6) is -1.18. The number of piperidine rings is 1. The zero-order valence-electron chi connectivity index (χ0n) is 21.1. The van der Waals surface area contributed by atoms with E-state index >= 15 is 0 Å². The number of carbonyl (C=O) groups is 2. The van der Waals surface area contributed by atoms with Gasteiger partial charge in [-0.25, -0.2) is 4.98 Å². The number of halogens is 3. The lowest BCUT2D eigenvalue weighted by Crippen LogP contribution is -2.43. The van der Waals surface area contributed by atoms with Crippen LogP contribution >= 0.6 is 0 Å². The number of nitrogens with zero attached hydrogens (tertiary/aromatic N) is 4. The van der Waals surface area contributed by atoms with Crippen molar-refractivity contribution in [3.8, 4) is 6.07 Å². The average molecular weight is 514 g/mol. The summed E-state index contributed by atoms with van der Waals surface area (Å²) in [5, 5.41) is 11.4. The minimum Gasteiger partial charge on any atom is -0.342 e. The van der Waals surface area contributed by atoms with E-state index in [1.807, 2.05) is 26.8 Å². The molecule has 2 amide bonds. The molecule has 3 heterocycles. The Morgan fingerprint density at radius 1 is 1.30 bits per heavy atom. The molecule has 10 heteroatoms. The van der Waals surface area contributed by atoms with Crippen molar-refractivity contribution in [2.24, 2.45) is 18.9 Å². The fourth-order valence-corrected chi connectivity index (χ4v) is 5.14. The molecule has 37 heavy (non-hydrogen) atoms. The van der Waals surface area contributed by atoms with E-state index in [4.69, 9.17) is 5.26 Å². The van der Waals surface area contributed by atoms with Crippen molar-refractivity contribution in [3.05, 3.63) is 58.9 Å². The van der Waals surface area contributed by atoms with E-state index in [-0.39, 0.29) is 47.2 Å². The third kappa shape index (κ3) is 5.03. The normalized spacial score (nSPS) is 18.2. The molecule has 0 saturated carbocycles. The van der Waals surface area contributed by atoms with Crippen LogP contribution in [-0.4, -0.2) is 39.4 Å². The topological polar surface area (TPSA) is 91.0 Å². The third-order valence-electron chi connectivity index (χ3n) is 6.91. The van der Waals surface area contributed by atoms with E-state index in [1.54, 1.807) is 22.7 Å². The van der Waals surface area contributed by atoms with Gasteiger partial charge in [-0.2, -0.15) is 18.4 Å². The van der Waals surface area contributed by atoms with E-state index in [1.165, 1.54) is 24.3 Å². The summed E-state index contributed by atoms with van der Waals surface area (Å²) in [6.45, 7) is 6.52. The maximum atomic E-state index is 14.6. The highest BCUT2D eigenvalue weighted by atomic mass is 19.4. The third-order valence-corrected chi connectivity index (χ3v) is 6.91. The molecule has 1 saturated heterocycles. The van der Waals surface area contributed by atoms with Crippen LogP contribution in [0, 0.1) is 23.2 Å². The standard InChI is InChI=1S/C27H28F3N5O2.H2/c1-15(2)26(37)35-9-8-19(16(3)13-35)20-14-34(4)24-22(20)23(27(28,29)30)21(12-32-24)33-25(36)18-7-5-6-17(10-18)11-31;/h5-7,10,12,14-16,19H,8-9,13H2,1-4H3,(H,33,36);1H/t16-,19+;/m0./s1. The quantitative estimate of drug-likeness (QED) is 0.494. The van der Waals surface area contributed by atoms with Crippen molar-refractivity contribution >= 4 is 28.5 Å². The summed E-state index contributed by atoms with van der Waals surface area (Å²) in [6.07, 6.45) is -1.55. The molecule has 3 aromatic rings. The molecular formula is C27H30F3N5O2. The van der Waals surface area contributed by atoms with Crippen LogP contribution in [0.15, 0.2) is 36.7 Å². The number of anilines is 1. The van der Waals surface area contributed by atoms with Crippen LogP contribution in [-0.2, 0) is 18.0 Å². The van der Waals surface area contributed by atoms with Gasteiger partial charge in [-0.1, -0.05) is 26.8 Å². The molecule has 1 fully saturated rings. The minimum absolute atomic E-state index is 0. The van der Waals surface area contributed by atoms with E-state index in [9.17, 15) is 22.8 Å². The molecule has 1 aromatic carbocycles. The van der Waals surface area contributed by atoms with Gasteiger partial charge in [0.05, 0.1) is 29.1 Å². The van der Waals surface area contributed by atoms with Crippen molar-refractivity contribution < 1.29 is 24.2 Å². The lowest BCUT2D eigenvalue weighted by Gasteiger charge is -2.38. The molecule has 2 atom stereocenters. The summed E-state index contributed by atoms with van der Waals surface area (Å²) in [4.78, 5) is 31.4. The first kappa shape index (κ1) is 26.2. The second-order valence-corrected chi connectivity index (χ2v) is 9.90. The number of aromatic nitrogens is 2. The molecule has 0 spiro atoms. The Bertz CT molecular complexity index is 1410. The number of hydrogen-bond acceptors (Lipinski definition) is 4. The van der Waals surface area contributed by atoms with Gasteiger partial charge in [-0.3, -0.25) is 9.59 Å². The van der Waals surface area contributed by atoms with Crippen molar-refractivity contribution in [1.29, 1.82) is 5.26 Å². The smallest absolute Gasteiger partial charge is 0.342 e. The van der Waals surface area contributed by atoms with Gasteiger partial charge in [-0.05, 0) is 42.0 Å². The first-order valence-electron chi connectivity index (χ1n) is 12.1. The zero-order chi connectivity index (χ0) is 27.1. The highest BCUT2D eigenvalue weighted by Gasteiger charge is 2.40. The molecule has 0 bridgehead atoms. The fraction of sp³-hybridized carbons (Fsp3) is 0.407. The number of nitriles is 1. The fourth-order valence-electron chi connectivity index (χ4n) is 5.14. The van der Waals surface area contributed by atoms with E-state index in [2.05, 4.69) is 10.3 Å². The summed E-state index contributed by atoms with van der Waals surface area (Å²) >= 11 is 0. The largest absolute Gasteiger partial charge is 0.419 e. The van der Waals surface area contributed by atoms with Gasteiger partial charge in [-0.15, -0.1) is 0 Å². The Labute approximate surface area is 214 Å². The number of alkyl halides is 3. The van der Waals surface area contributed by atoms with Crippen molar-refractivity contribution in [2.75, 3.05) is 18.4 Å². The number of fused-ring (bicyclic) bond motifs is 1. The monoisotopic (exact) mass is 513 g/mol. The first-order valence-corrected chi connectivity index (χ1v) is 12.1. The number of aryl methyl sites for hydroxylation is 1. The number of pyridine rings is 1. The molecular weight excluding hydrogens is 483 g/mol. The minimum atomic E-state index is -4.77. The SMILES string of the molecule is CC(C)C(=O)N1CC[C@@H](c2cn(C)c3ncc(NC(=O)c4cccc(C#N)c4)c(C(F)(F)F)c23)[C@@H](C)C1.[HH]. The van der Waals surface area contributed by atoms with Crippen molar-refractivity contribution in [2.45, 2.75) is 39.3 Å². The maximum Gasteiger partial charge on any atom is 0.419 e. The van der Waals surface area contributed by atoms with Crippen LogP contribution in [0.25, 0.3) is 11.0 Å². The highest BCUT2D eigenvalue weighted by Crippen LogP contribution is 2.45. The molecule has 1 aliphatic rings. The van der Waals surface area contributed by atoms with Crippen molar-refractivity contribution in [3.63, 3.8) is 0 Å². The van der Waals surface area contributed by atoms with Gasteiger partial charge >= 0.3 is 6.18 Å². The van der Waals surface area contributed by atoms with Crippen LogP contribution in [0.5, 0.6) is 0 Å². The lowest BCUT2D eigenvalue weighted by atomic mass is 9.80. The molecule has 4 rings (SSSR count). The van der Waals surface area contributed by atoms with Gasteiger partial charge < -0.3 is 14.8 Å². The first-order chi connectivity index (χ1) is 17.4. The summed E-state index contributed by atoms with van der Waals surface area (Å²) in [7, 11) is 1.65. The zero-order valence-corrected chi connectivity index (χ0v) is 21.1. The Hall–Kier alpha value is -3.87. The molecule has 1 N–H and O–H groups in total. The number of rotatable bonds is 4. The Kier molecular flexibility index (Phi) is 7.00. The molecule has 196 valence electrons. The highest BCUT2D eigenvalue weighted by molar-refractivity contribution is 6.06. The van der Waals surface area contributed by atoms with E-state index in [0.717, 1.165) is 6.20 Å². The lowest BCUT2D eigenvalue weighted by molar-refractivity contribution is -0.136. The van der Waals surface area contributed by atoms with E-state index < -0.39 is 23.3 Å². The number of nitrogens with one attached hydrogen (secondary N) is 1. The number of amides is 2. The molecule has 0 radical (unpaired) electrons. The predicted molar refractivity (Wildman–Crippen MR) is 135 cm³/mol.